The second-order valence-corrected chi connectivity index (χ2v) is 5.35. The van der Waals surface area contributed by atoms with Crippen molar-refractivity contribution < 1.29 is 19.5 Å². The fourth-order valence-corrected chi connectivity index (χ4v) is 2.11. The zero-order chi connectivity index (χ0) is 17.5. The Bertz CT molecular complexity index is 771. The summed E-state index contributed by atoms with van der Waals surface area (Å²) in [5.74, 6) is -1.73. The molecule has 124 valence electrons. The first-order chi connectivity index (χ1) is 11.4. The van der Waals surface area contributed by atoms with E-state index in [1.165, 1.54) is 0 Å². The molecular weight excluding hydrogens is 308 g/mol. The Morgan fingerprint density at radius 2 is 1.58 bits per heavy atom. The second-order valence-electron chi connectivity index (χ2n) is 5.35. The Morgan fingerprint density at radius 1 is 0.917 bits per heavy atom. The summed E-state index contributed by atoms with van der Waals surface area (Å²) in [6.07, 6.45) is -0.353. The van der Waals surface area contributed by atoms with Gasteiger partial charge in [-0.25, -0.2) is 0 Å². The fourth-order valence-electron chi connectivity index (χ4n) is 2.11. The fraction of sp³-hybridized carbons (Fsp3) is 0.167. The average molecular weight is 326 g/mol. The highest BCUT2D eigenvalue weighted by molar-refractivity contribution is 6.05. The molecule has 2 rings (SSSR count). The van der Waals surface area contributed by atoms with Crippen LogP contribution in [0.4, 0.5) is 11.4 Å². The lowest BCUT2D eigenvalue weighted by Crippen LogP contribution is -2.15. The lowest BCUT2D eigenvalue weighted by molar-refractivity contribution is -0.138. The molecule has 0 unspecified atom stereocenters. The highest BCUT2D eigenvalue weighted by Gasteiger charge is 2.09. The number of anilines is 2. The van der Waals surface area contributed by atoms with Crippen molar-refractivity contribution in [2.75, 3.05) is 10.6 Å². The molecule has 2 aromatic carbocycles. The molecule has 3 N–H and O–H groups in total. The van der Waals surface area contributed by atoms with Crippen molar-refractivity contribution in [1.82, 2.24) is 0 Å². The minimum Gasteiger partial charge on any atom is -0.481 e. The molecule has 6 heteroatoms. The van der Waals surface area contributed by atoms with E-state index in [0.29, 0.717) is 16.9 Å². The zero-order valence-corrected chi connectivity index (χ0v) is 13.2. The summed E-state index contributed by atoms with van der Waals surface area (Å²) in [6.45, 7) is 1.93. The van der Waals surface area contributed by atoms with Crippen LogP contribution in [0.1, 0.15) is 28.8 Å². The van der Waals surface area contributed by atoms with Gasteiger partial charge in [-0.1, -0.05) is 18.2 Å². The Balaban J connectivity index is 2.02. The molecule has 0 heterocycles. The maximum Gasteiger partial charge on any atom is 0.303 e. The molecule has 0 aliphatic rings. The van der Waals surface area contributed by atoms with E-state index in [0.717, 1.165) is 5.56 Å². The van der Waals surface area contributed by atoms with Crippen LogP contribution >= 0.6 is 0 Å². The quantitative estimate of drug-likeness (QED) is 0.760. The third-order valence-electron chi connectivity index (χ3n) is 3.25. The minimum absolute atomic E-state index is 0.116. The summed E-state index contributed by atoms with van der Waals surface area (Å²) in [5.41, 5.74) is 2.57. The molecular formula is C18H18N2O4. The van der Waals surface area contributed by atoms with Crippen LogP contribution in [-0.2, 0) is 9.59 Å². The van der Waals surface area contributed by atoms with Crippen LogP contribution in [0.2, 0.25) is 0 Å². The maximum absolute atomic E-state index is 12.3. The van der Waals surface area contributed by atoms with E-state index in [-0.39, 0.29) is 18.7 Å². The van der Waals surface area contributed by atoms with Crippen molar-refractivity contribution in [2.45, 2.75) is 19.8 Å². The topological polar surface area (TPSA) is 95.5 Å². The second kappa shape index (κ2) is 7.92. The van der Waals surface area contributed by atoms with Crippen molar-refractivity contribution in [3.63, 3.8) is 0 Å². The van der Waals surface area contributed by atoms with Gasteiger partial charge in [-0.15, -0.1) is 0 Å². The zero-order valence-electron chi connectivity index (χ0n) is 13.2. The van der Waals surface area contributed by atoms with Gasteiger partial charge in [0.25, 0.3) is 5.91 Å². The van der Waals surface area contributed by atoms with Crippen LogP contribution in [0.15, 0.2) is 48.5 Å². The number of benzene rings is 2. The molecule has 0 saturated carbocycles. The number of carbonyl (C=O) groups is 3. The molecule has 0 aliphatic heterocycles. The van der Waals surface area contributed by atoms with E-state index in [2.05, 4.69) is 10.6 Å². The molecule has 0 saturated heterocycles. The van der Waals surface area contributed by atoms with Gasteiger partial charge in [0.05, 0.1) is 6.42 Å². The van der Waals surface area contributed by atoms with E-state index < -0.39 is 11.9 Å². The predicted octanol–water partition coefficient (Wildman–Crippen LogP) is 3.05. The molecule has 2 amide bonds. The molecule has 0 radical (unpaired) electrons. The van der Waals surface area contributed by atoms with Crippen LogP contribution in [0.25, 0.3) is 0 Å². The van der Waals surface area contributed by atoms with Gasteiger partial charge in [-0.05, 0) is 42.8 Å². The normalized spacial score (nSPS) is 10.0. The standard InChI is InChI=1S/C18H18N2O4/c1-12-4-2-6-14(10-12)20-18(24)13-5-3-7-15(11-13)19-16(21)8-9-17(22)23/h2-7,10-11H,8-9H2,1H3,(H,19,21)(H,20,24)(H,22,23). The molecule has 6 nitrogen and oxygen atoms in total. The third kappa shape index (κ3) is 5.24. The summed E-state index contributed by atoms with van der Waals surface area (Å²) in [5, 5.41) is 13.9. The molecule has 0 atom stereocenters. The van der Waals surface area contributed by atoms with Gasteiger partial charge in [0.1, 0.15) is 0 Å². The SMILES string of the molecule is Cc1cccc(NC(=O)c2cccc(NC(=O)CCC(=O)O)c2)c1. The van der Waals surface area contributed by atoms with Gasteiger partial charge in [-0.3, -0.25) is 14.4 Å². The number of carbonyl (C=O) groups excluding carboxylic acids is 2. The number of carboxylic acids is 1. The largest absolute Gasteiger partial charge is 0.481 e. The summed E-state index contributed by atoms with van der Waals surface area (Å²) in [7, 11) is 0. The number of aliphatic carboxylic acids is 1. The summed E-state index contributed by atoms with van der Waals surface area (Å²) >= 11 is 0. The molecule has 0 fully saturated rings. The van der Waals surface area contributed by atoms with E-state index in [4.69, 9.17) is 5.11 Å². The highest BCUT2D eigenvalue weighted by atomic mass is 16.4. The van der Waals surface area contributed by atoms with Gasteiger partial charge < -0.3 is 15.7 Å². The predicted molar refractivity (Wildman–Crippen MR) is 91.1 cm³/mol. The average Bonchev–Trinajstić information content (AvgIpc) is 2.53. The van der Waals surface area contributed by atoms with Gasteiger partial charge in [-0.2, -0.15) is 0 Å². The van der Waals surface area contributed by atoms with Gasteiger partial charge >= 0.3 is 5.97 Å². The van der Waals surface area contributed by atoms with Crippen LogP contribution in [0.3, 0.4) is 0 Å². The Morgan fingerprint density at radius 3 is 2.25 bits per heavy atom. The lowest BCUT2D eigenvalue weighted by Gasteiger charge is -2.08. The summed E-state index contributed by atoms with van der Waals surface area (Å²) < 4.78 is 0. The smallest absolute Gasteiger partial charge is 0.303 e. The number of hydrogen-bond donors (Lipinski definition) is 3. The van der Waals surface area contributed by atoms with E-state index in [1.54, 1.807) is 30.3 Å². The van der Waals surface area contributed by atoms with Crippen LogP contribution in [-0.4, -0.2) is 22.9 Å². The molecule has 0 spiro atoms. The Labute approximate surface area is 139 Å². The summed E-state index contributed by atoms with van der Waals surface area (Å²) in [6, 6.07) is 13.9. The number of hydrogen-bond acceptors (Lipinski definition) is 3. The molecule has 0 bridgehead atoms. The molecule has 0 aliphatic carbocycles. The first-order valence-corrected chi connectivity index (χ1v) is 7.44. The van der Waals surface area contributed by atoms with Crippen LogP contribution in [0.5, 0.6) is 0 Å². The van der Waals surface area contributed by atoms with E-state index in [1.807, 2.05) is 25.1 Å². The van der Waals surface area contributed by atoms with Crippen LogP contribution < -0.4 is 10.6 Å². The van der Waals surface area contributed by atoms with Crippen molar-refractivity contribution in [1.29, 1.82) is 0 Å². The van der Waals surface area contributed by atoms with Gasteiger partial charge in [0.2, 0.25) is 5.91 Å². The van der Waals surface area contributed by atoms with Crippen molar-refractivity contribution in [3.05, 3.63) is 59.7 Å². The molecule has 0 aromatic heterocycles. The van der Waals surface area contributed by atoms with Crippen molar-refractivity contribution in [3.8, 4) is 0 Å². The van der Waals surface area contributed by atoms with Gasteiger partial charge in [0.15, 0.2) is 0 Å². The maximum atomic E-state index is 12.3. The third-order valence-corrected chi connectivity index (χ3v) is 3.25. The Hall–Kier alpha value is -3.15. The van der Waals surface area contributed by atoms with Crippen molar-refractivity contribution >= 4 is 29.2 Å². The first kappa shape index (κ1) is 17.2. The lowest BCUT2D eigenvalue weighted by atomic mass is 10.1. The van der Waals surface area contributed by atoms with Crippen molar-refractivity contribution in [2.24, 2.45) is 0 Å². The summed E-state index contributed by atoms with van der Waals surface area (Å²) in [4.78, 5) is 34.4. The Kier molecular flexibility index (Phi) is 5.68. The number of nitrogens with one attached hydrogen (secondary N) is 2. The molecule has 24 heavy (non-hydrogen) atoms. The van der Waals surface area contributed by atoms with Crippen LogP contribution in [0, 0.1) is 6.92 Å². The van der Waals surface area contributed by atoms with E-state index >= 15 is 0 Å². The van der Waals surface area contributed by atoms with E-state index in [9.17, 15) is 14.4 Å². The number of carboxylic acid groups (broad SMARTS) is 1. The number of amides is 2. The number of rotatable bonds is 6. The van der Waals surface area contributed by atoms with Gasteiger partial charge in [0, 0.05) is 23.4 Å². The molecule has 2 aromatic rings. The first-order valence-electron chi connectivity index (χ1n) is 7.44. The monoisotopic (exact) mass is 326 g/mol. The number of aryl methyl sites for hydroxylation is 1. The minimum atomic E-state index is -1.03. The highest BCUT2D eigenvalue weighted by Crippen LogP contribution is 2.15.